The minimum absolute atomic E-state index is 0.0693. The molecule has 5 rings (SSSR count). The molecule has 9 nitrogen and oxygen atoms in total. The molecular formula is C30H27N5O4S. The maximum Gasteiger partial charge on any atom is 0.299 e. The molecule has 4 aromatic rings. The van der Waals surface area contributed by atoms with Gasteiger partial charge in [0.15, 0.2) is 0 Å². The Labute approximate surface area is 235 Å². The molecule has 0 aliphatic carbocycles. The third-order valence-corrected chi connectivity index (χ3v) is 7.52. The topological polar surface area (TPSA) is 103 Å². The van der Waals surface area contributed by atoms with Crippen molar-refractivity contribution in [3.63, 3.8) is 0 Å². The lowest BCUT2D eigenvalue weighted by Gasteiger charge is -2.32. The fourth-order valence-electron chi connectivity index (χ4n) is 4.57. The number of Topliss-reactive ketones (excluding diaryl/α,β-unsaturated/α-hetero) is 1. The highest BCUT2D eigenvalue weighted by molar-refractivity contribution is 7.10. The Kier molecular flexibility index (Phi) is 7.70. The van der Waals surface area contributed by atoms with E-state index < -0.39 is 36.1 Å². The van der Waals surface area contributed by atoms with Gasteiger partial charge < -0.3 is 15.1 Å². The largest absolute Gasteiger partial charge is 0.378 e. The molecule has 1 aliphatic rings. The van der Waals surface area contributed by atoms with Crippen LogP contribution in [0.15, 0.2) is 90.6 Å². The van der Waals surface area contributed by atoms with Crippen LogP contribution in [0, 0.1) is 0 Å². The lowest BCUT2D eigenvalue weighted by atomic mass is 10.1. The van der Waals surface area contributed by atoms with Crippen molar-refractivity contribution >= 4 is 51.9 Å². The molecule has 1 N–H and O–H groups in total. The van der Waals surface area contributed by atoms with E-state index in [-0.39, 0.29) is 12.1 Å². The monoisotopic (exact) mass is 553 g/mol. The molecule has 40 heavy (non-hydrogen) atoms. The van der Waals surface area contributed by atoms with E-state index in [9.17, 15) is 19.2 Å². The van der Waals surface area contributed by atoms with Crippen LogP contribution in [-0.2, 0) is 20.9 Å². The van der Waals surface area contributed by atoms with Crippen LogP contribution in [0.5, 0.6) is 0 Å². The van der Waals surface area contributed by atoms with E-state index in [0.29, 0.717) is 21.8 Å². The van der Waals surface area contributed by atoms with E-state index in [1.54, 1.807) is 60.9 Å². The number of amides is 3. The summed E-state index contributed by atoms with van der Waals surface area (Å²) in [6.45, 7) is -0.325. The standard InChI is InChI=1S/C30H27N5O4S/c1-33(2)22-13-11-21(12-14-22)32-29(38)27(25-10-6-16-40-25)35(18-20-7-5-15-31-17-20)26(36)19-34-24-9-4-3-8-23(24)28(37)30(34)39/h3-17,27H,18-19H2,1-2H3,(H,32,38)/t27-/m0/s1. The zero-order chi connectivity index (χ0) is 28.2. The Morgan fingerprint density at radius 1 is 0.975 bits per heavy atom. The van der Waals surface area contributed by atoms with Crippen LogP contribution < -0.4 is 15.1 Å². The number of nitrogens with zero attached hydrogens (tertiary/aromatic N) is 4. The molecule has 10 heteroatoms. The number of hydrogen-bond acceptors (Lipinski definition) is 7. The normalized spacial score (nSPS) is 13.1. The number of carbonyl (C=O) groups is 4. The summed E-state index contributed by atoms with van der Waals surface area (Å²) in [6.07, 6.45) is 3.26. The first kappa shape index (κ1) is 26.8. The number of fused-ring (bicyclic) bond motifs is 1. The third-order valence-electron chi connectivity index (χ3n) is 6.59. The second-order valence-electron chi connectivity index (χ2n) is 9.47. The van der Waals surface area contributed by atoms with E-state index in [1.807, 2.05) is 48.6 Å². The number of ketones is 1. The molecule has 0 fully saturated rings. The minimum atomic E-state index is -0.995. The van der Waals surface area contributed by atoms with Crippen LogP contribution in [0.3, 0.4) is 0 Å². The number of hydrogen-bond donors (Lipinski definition) is 1. The molecule has 3 heterocycles. The summed E-state index contributed by atoms with van der Waals surface area (Å²) in [5.74, 6) is -2.32. The SMILES string of the molecule is CN(C)c1ccc(NC(=O)[C@H](c2cccs2)N(Cc2cccnc2)C(=O)CN2C(=O)C(=O)c3ccccc32)cc1. The van der Waals surface area contributed by atoms with E-state index >= 15 is 0 Å². The molecule has 0 unspecified atom stereocenters. The molecule has 2 aromatic carbocycles. The molecule has 0 saturated heterocycles. The highest BCUT2D eigenvalue weighted by atomic mass is 32.1. The molecule has 1 atom stereocenters. The summed E-state index contributed by atoms with van der Waals surface area (Å²) in [6, 6.07) is 20.2. The van der Waals surface area contributed by atoms with E-state index in [1.165, 1.54) is 21.1 Å². The Bertz CT molecular complexity index is 1540. The fourth-order valence-corrected chi connectivity index (χ4v) is 5.40. The van der Waals surface area contributed by atoms with Gasteiger partial charge >= 0.3 is 0 Å². The summed E-state index contributed by atoms with van der Waals surface area (Å²) in [7, 11) is 3.86. The molecule has 0 radical (unpaired) electrons. The van der Waals surface area contributed by atoms with Gasteiger partial charge in [-0.2, -0.15) is 0 Å². The fraction of sp³-hybridized carbons (Fsp3) is 0.167. The summed E-state index contributed by atoms with van der Waals surface area (Å²) in [4.78, 5) is 62.6. The molecule has 2 aromatic heterocycles. The average Bonchev–Trinajstić information content (AvgIpc) is 3.57. The number of nitrogens with one attached hydrogen (secondary N) is 1. The van der Waals surface area contributed by atoms with Crippen molar-refractivity contribution < 1.29 is 19.2 Å². The lowest BCUT2D eigenvalue weighted by Crippen LogP contribution is -2.46. The molecule has 202 valence electrons. The quantitative estimate of drug-likeness (QED) is 0.313. The number of carbonyl (C=O) groups excluding carboxylic acids is 4. The van der Waals surface area contributed by atoms with Crippen molar-refractivity contribution in [3.8, 4) is 0 Å². The van der Waals surface area contributed by atoms with Crippen LogP contribution in [-0.4, -0.2) is 54.0 Å². The van der Waals surface area contributed by atoms with Gasteiger partial charge in [0, 0.05) is 49.3 Å². The summed E-state index contributed by atoms with van der Waals surface area (Å²) in [5, 5.41) is 4.79. The van der Waals surface area contributed by atoms with Gasteiger partial charge in [0.1, 0.15) is 12.6 Å². The number of para-hydroxylation sites is 1. The third kappa shape index (κ3) is 5.48. The smallest absolute Gasteiger partial charge is 0.299 e. The first-order chi connectivity index (χ1) is 19.3. The summed E-state index contributed by atoms with van der Waals surface area (Å²) < 4.78 is 0. The van der Waals surface area contributed by atoms with E-state index in [0.717, 1.165) is 5.69 Å². The first-order valence-electron chi connectivity index (χ1n) is 12.6. The van der Waals surface area contributed by atoms with Crippen molar-refractivity contribution in [2.45, 2.75) is 12.6 Å². The maximum atomic E-state index is 14.0. The van der Waals surface area contributed by atoms with Gasteiger partial charge in [-0.05, 0) is 59.5 Å². The summed E-state index contributed by atoms with van der Waals surface area (Å²) >= 11 is 1.35. The van der Waals surface area contributed by atoms with Crippen LogP contribution in [0.25, 0.3) is 0 Å². The second-order valence-corrected chi connectivity index (χ2v) is 10.4. The van der Waals surface area contributed by atoms with Gasteiger partial charge in [-0.25, -0.2) is 0 Å². The minimum Gasteiger partial charge on any atom is -0.378 e. The van der Waals surface area contributed by atoms with Crippen LogP contribution >= 0.6 is 11.3 Å². The predicted molar refractivity (Wildman–Crippen MR) is 154 cm³/mol. The van der Waals surface area contributed by atoms with Crippen molar-refractivity contribution in [2.75, 3.05) is 35.8 Å². The van der Waals surface area contributed by atoms with Gasteiger partial charge in [0.2, 0.25) is 5.91 Å². The van der Waals surface area contributed by atoms with Gasteiger partial charge in [0.05, 0.1) is 11.3 Å². The highest BCUT2D eigenvalue weighted by Crippen LogP contribution is 2.32. The lowest BCUT2D eigenvalue weighted by molar-refractivity contribution is -0.138. The molecule has 3 amide bonds. The number of aromatic nitrogens is 1. The average molecular weight is 554 g/mol. The van der Waals surface area contributed by atoms with Crippen molar-refractivity contribution in [1.29, 1.82) is 0 Å². The van der Waals surface area contributed by atoms with E-state index in [4.69, 9.17) is 0 Å². The van der Waals surface area contributed by atoms with Crippen LogP contribution in [0.2, 0.25) is 0 Å². The van der Waals surface area contributed by atoms with Crippen molar-refractivity contribution in [2.24, 2.45) is 0 Å². The second kappa shape index (κ2) is 11.5. The van der Waals surface area contributed by atoms with Crippen molar-refractivity contribution in [1.82, 2.24) is 9.88 Å². The first-order valence-corrected chi connectivity index (χ1v) is 13.5. The zero-order valence-electron chi connectivity index (χ0n) is 22.0. The van der Waals surface area contributed by atoms with Gasteiger partial charge in [-0.1, -0.05) is 24.3 Å². The molecule has 0 spiro atoms. The Morgan fingerprint density at radius 2 is 1.75 bits per heavy atom. The Morgan fingerprint density at radius 3 is 2.42 bits per heavy atom. The Balaban J connectivity index is 1.48. The van der Waals surface area contributed by atoms with Gasteiger partial charge in [-0.15, -0.1) is 11.3 Å². The number of benzene rings is 2. The molecule has 0 saturated carbocycles. The predicted octanol–water partition coefficient (Wildman–Crippen LogP) is 4.15. The number of rotatable bonds is 9. The Hall–Kier alpha value is -4.83. The number of anilines is 3. The summed E-state index contributed by atoms with van der Waals surface area (Å²) in [5.41, 5.74) is 2.91. The van der Waals surface area contributed by atoms with Gasteiger partial charge in [-0.3, -0.25) is 29.1 Å². The van der Waals surface area contributed by atoms with Crippen LogP contribution in [0.4, 0.5) is 17.1 Å². The van der Waals surface area contributed by atoms with Crippen molar-refractivity contribution in [3.05, 3.63) is 107 Å². The maximum absolute atomic E-state index is 14.0. The zero-order valence-corrected chi connectivity index (χ0v) is 22.8. The molecular weight excluding hydrogens is 526 g/mol. The highest BCUT2D eigenvalue weighted by Gasteiger charge is 2.39. The van der Waals surface area contributed by atoms with E-state index in [2.05, 4.69) is 10.3 Å². The van der Waals surface area contributed by atoms with Crippen LogP contribution in [0.1, 0.15) is 26.8 Å². The van der Waals surface area contributed by atoms with Gasteiger partial charge in [0.25, 0.3) is 17.6 Å². The number of pyridine rings is 1. The number of thiophene rings is 1. The molecule has 0 bridgehead atoms. The molecule has 1 aliphatic heterocycles.